The van der Waals surface area contributed by atoms with Crippen LogP contribution < -0.4 is 5.69 Å². The van der Waals surface area contributed by atoms with E-state index in [2.05, 4.69) is 9.97 Å². The van der Waals surface area contributed by atoms with Crippen LogP contribution in [0.3, 0.4) is 0 Å². The summed E-state index contributed by atoms with van der Waals surface area (Å²) in [7, 11) is 0. The first kappa shape index (κ1) is 17.4. The summed E-state index contributed by atoms with van der Waals surface area (Å²) in [6.45, 7) is 0.371. The molecule has 8 heteroatoms. The number of para-hydroxylation sites is 4. The minimum absolute atomic E-state index is 0.0420. The van der Waals surface area contributed by atoms with Crippen LogP contribution in [0, 0.1) is 0 Å². The lowest BCUT2D eigenvalue weighted by Crippen LogP contribution is -2.20. The van der Waals surface area contributed by atoms with Gasteiger partial charge in [-0.2, -0.15) is 13.2 Å². The smallest absolute Gasteiger partial charge is 0.326 e. The van der Waals surface area contributed by atoms with Gasteiger partial charge < -0.3 is 9.55 Å². The number of alkyl halides is 3. The van der Waals surface area contributed by atoms with Gasteiger partial charge in [-0.05, 0) is 30.7 Å². The Morgan fingerprint density at radius 1 is 0.963 bits per heavy atom. The topological polar surface area (TPSA) is 55.6 Å². The maximum Gasteiger partial charge on any atom is 0.389 e. The van der Waals surface area contributed by atoms with E-state index in [9.17, 15) is 18.0 Å². The number of hydrogen-bond acceptors (Lipinski definition) is 2. The molecule has 4 aromatic rings. The third kappa shape index (κ3) is 3.47. The third-order valence-electron chi connectivity index (χ3n) is 4.56. The molecule has 2 aromatic carbocycles. The molecule has 5 nitrogen and oxygen atoms in total. The zero-order valence-electron chi connectivity index (χ0n) is 14.3. The average molecular weight is 374 g/mol. The molecule has 1 N–H and O–H groups in total. The largest absolute Gasteiger partial charge is 0.389 e. The fraction of sp³-hybridized carbons (Fsp3) is 0.263. The number of nitrogens with one attached hydrogen (secondary N) is 1. The molecule has 0 aliphatic carbocycles. The number of aromatic amines is 1. The molecule has 0 saturated heterocycles. The van der Waals surface area contributed by atoms with Crippen LogP contribution in [-0.2, 0) is 13.1 Å². The molecular formula is C19H17F3N4O. The molecule has 0 fully saturated rings. The number of imidazole rings is 2. The minimum Gasteiger partial charge on any atom is -0.326 e. The lowest BCUT2D eigenvalue weighted by Gasteiger charge is -2.11. The first-order valence-corrected chi connectivity index (χ1v) is 8.61. The van der Waals surface area contributed by atoms with Crippen molar-refractivity contribution >= 4 is 22.1 Å². The van der Waals surface area contributed by atoms with Gasteiger partial charge in [0.25, 0.3) is 0 Å². The lowest BCUT2D eigenvalue weighted by molar-refractivity contribution is -0.135. The second-order valence-corrected chi connectivity index (χ2v) is 6.42. The molecule has 2 aromatic heterocycles. The van der Waals surface area contributed by atoms with E-state index in [0.29, 0.717) is 16.9 Å². The maximum atomic E-state index is 12.6. The Balaban J connectivity index is 1.73. The zero-order valence-corrected chi connectivity index (χ0v) is 14.3. The number of benzene rings is 2. The number of aryl methyl sites for hydroxylation is 1. The van der Waals surface area contributed by atoms with E-state index >= 15 is 0 Å². The standard InChI is InChI=1S/C19H17F3N4O/c20-19(21,22)10-5-11-25-15-8-3-1-6-13(15)23-17(25)12-26-16-9-4-2-7-14(16)24-18(26)27/h1-4,6-9H,5,10-12H2,(H,24,27). The number of rotatable bonds is 5. The van der Waals surface area contributed by atoms with E-state index in [-0.39, 0.29) is 25.2 Å². The van der Waals surface area contributed by atoms with Crippen molar-refractivity contribution in [1.82, 2.24) is 19.1 Å². The fourth-order valence-corrected chi connectivity index (χ4v) is 3.34. The Morgan fingerprint density at radius 2 is 1.67 bits per heavy atom. The van der Waals surface area contributed by atoms with Gasteiger partial charge in [0, 0.05) is 13.0 Å². The summed E-state index contributed by atoms with van der Waals surface area (Å²) in [6.07, 6.45) is -5.09. The molecule has 140 valence electrons. The highest BCUT2D eigenvalue weighted by Crippen LogP contribution is 2.24. The molecule has 0 amide bonds. The van der Waals surface area contributed by atoms with Crippen LogP contribution in [0.25, 0.3) is 22.1 Å². The van der Waals surface area contributed by atoms with Crippen molar-refractivity contribution in [2.24, 2.45) is 0 Å². The molecule has 0 unspecified atom stereocenters. The van der Waals surface area contributed by atoms with Crippen molar-refractivity contribution in [2.45, 2.75) is 32.1 Å². The van der Waals surface area contributed by atoms with E-state index in [4.69, 9.17) is 0 Å². The van der Waals surface area contributed by atoms with Gasteiger partial charge in [-0.1, -0.05) is 24.3 Å². The number of halogens is 3. The van der Waals surface area contributed by atoms with Crippen LogP contribution in [0.2, 0.25) is 0 Å². The Hall–Kier alpha value is -3.03. The molecule has 2 heterocycles. The van der Waals surface area contributed by atoms with Crippen molar-refractivity contribution in [3.05, 3.63) is 64.8 Å². The Labute approximate surface area is 152 Å². The summed E-state index contributed by atoms with van der Waals surface area (Å²) in [4.78, 5) is 19.7. The van der Waals surface area contributed by atoms with Crippen LogP contribution >= 0.6 is 0 Å². The van der Waals surface area contributed by atoms with Crippen molar-refractivity contribution in [3.8, 4) is 0 Å². The molecule has 0 atom stereocenters. The number of H-pyrrole nitrogens is 1. The van der Waals surface area contributed by atoms with Crippen molar-refractivity contribution in [3.63, 3.8) is 0 Å². The summed E-state index contributed by atoms with van der Waals surface area (Å²) >= 11 is 0. The van der Waals surface area contributed by atoms with Crippen LogP contribution in [0.5, 0.6) is 0 Å². The number of fused-ring (bicyclic) bond motifs is 2. The minimum atomic E-state index is -4.19. The van der Waals surface area contributed by atoms with E-state index < -0.39 is 12.6 Å². The Kier molecular flexibility index (Phi) is 4.25. The molecule has 0 radical (unpaired) electrons. The average Bonchev–Trinajstić information content (AvgIpc) is 3.12. The molecule has 27 heavy (non-hydrogen) atoms. The summed E-state index contributed by atoms with van der Waals surface area (Å²) in [5.41, 5.74) is 2.64. The predicted molar refractivity (Wildman–Crippen MR) is 96.7 cm³/mol. The summed E-state index contributed by atoms with van der Waals surface area (Å²) in [6, 6.07) is 14.6. The van der Waals surface area contributed by atoms with E-state index in [0.717, 1.165) is 11.0 Å². The van der Waals surface area contributed by atoms with Gasteiger partial charge in [0.1, 0.15) is 5.82 Å². The summed E-state index contributed by atoms with van der Waals surface area (Å²) in [5.74, 6) is 0.560. The van der Waals surface area contributed by atoms with Crippen LogP contribution in [0.15, 0.2) is 53.3 Å². The van der Waals surface area contributed by atoms with Gasteiger partial charge >= 0.3 is 11.9 Å². The second-order valence-electron chi connectivity index (χ2n) is 6.42. The molecule has 0 aliphatic heterocycles. The van der Waals surface area contributed by atoms with E-state index in [1.807, 2.05) is 42.5 Å². The summed E-state index contributed by atoms with van der Waals surface area (Å²) in [5, 5.41) is 0. The number of nitrogens with zero attached hydrogens (tertiary/aromatic N) is 3. The SMILES string of the molecule is O=c1[nH]c2ccccc2n1Cc1nc2ccccc2n1CCCC(F)(F)F. The maximum absolute atomic E-state index is 12.6. The van der Waals surface area contributed by atoms with Gasteiger partial charge in [-0.3, -0.25) is 4.57 Å². The van der Waals surface area contributed by atoms with Gasteiger partial charge in [0.05, 0.1) is 28.6 Å². The highest BCUT2D eigenvalue weighted by atomic mass is 19.4. The molecule has 0 bridgehead atoms. The van der Waals surface area contributed by atoms with Crippen molar-refractivity contribution in [1.29, 1.82) is 0 Å². The van der Waals surface area contributed by atoms with Crippen molar-refractivity contribution < 1.29 is 13.2 Å². The quantitative estimate of drug-likeness (QED) is 0.573. The van der Waals surface area contributed by atoms with E-state index in [1.165, 1.54) is 0 Å². The monoisotopic (exact) mass is 374 g/mol. The number of hydrogen-bond donors (Lipinski definition) is 1. The highest BCUT2D eigenvalue weighted by molar-refractivity contribution is 5.77. The Bertz CT molecular complexity index is 1150. The van der Waals surface area contributed by atoms with Gasteiger partial charge in [-0.25, -0.2) is 9.78 Å². The normalized spacial score (nSPS) is 12.3. The molecule has 0 saturated carbocycles. The summed E-state index contributed by atoms with van der Waals surface area (Å²) < 4.78 is 41.0. The van der Waals surface area contributed by atoms with Crippen LogP contribution in [0.1, 0.15) is 18.7 Å². The van der Waals surface area contributed by atoms with Gasteiger partial charge in [0.2, 0.25) is 0 Å². The predicted octanol–water partition coefficient (Wildman–Crippen LogP) is 4.07. The second kappa shape index (κ2) is 6.61. The van der Waals surface area contributed by atoms with Crippen molar-refractivity contribution in [2.75, 3.05) is 0 Å². The first-order chi connectivity index (χ1) is 12.9. The number of aromatic nitrogens is 4. The Morgan fingerprint density at radius 3 is 2.44 bits per heavy atom. The molecule has 0 aliphatic rings. The molecule has 0 spiro atoms. The fourth-order valence-electron chi connectivity index (χ4n) is 3.34. The first-order valence-electron chi connectivity index (χ1n) is 8.61. The van der Waals surface area contributed by atoms with Crippen LogP contribution in [-0.4, -0.2) is 25.3 Å². The highest BCUT2D eigenvalue weighted by Gasteiger charge is 2.26. The van der Waals surface area contributed by atoms with Gasteiger partial charge in [0.15, 0.2) is 0 Å². The van der Waals surface area contributed by atoms with E-state index in [1.54, 1.807) is 15.2 Å². The molecular weight excluding hydrogens is 357 g/mol. The molecule has 4 rings (SSSR count). The zero-order chi connectivity index (χ0) is 19.0. The van der Waals surface area contributed by atoms with Crippen LogP contribution in [0.4, 0.5) is 13.2 Å². The lowest BCUT2D eigenvalue weighted by atomic mass is 10.2. The third-order valence-corrected chi connectivity index (χ3v) is 4.56. The van der Waals surface area contributed by atoms with Gasteiger partial charge in [-0.15, -0.1) is 0 Å².